The molecule has 0 radical (unpaired) electrons. The molecule has 0 saturated carbocycles. The van der Waals surface area contributed by atoms with Crippen LogP contribution >= 0.6 is 0 Å². The van der Waals surface area contributed by atoms with E-state index in [1.165, 1.54) is 23.7 Å². The smallest absolute Gasteiger partial charge is 0.309 e. The molecule has 0 spiro atoms. The van der Waals surface area contributed by atoms with Crippen molar-refractivity contribution in [3.05, 3.63) is 114 Å². The third kappa shape index (κ3) is 5.61. The van der Waals surface area contributed by atoms with E-state index in [-0.39, 0.29) is 11.8 Å². The molecule has 1 amide bonds. The molecule has 1 N–H and O–H groups in total. The second-order valence-electron chi connectivity index (χ2n) is 9.14. The van der Waals surface area contributed by atoms with Crippen LogP contribution in [0.1, 0.15) is 22.8 Å². The van der Waals surface area contributed by atoms with Gasteiger partial charge in [0.25, 0.3) is 5.91 Å². The minimum atomic E-state index is -0.525. The number of nitrogens with zero attached hydrogens (tertiary/aromatic N) is 2. The highest BCUT2D eigenvalue weighted by atomic mass is 19.1. The lowest BCUT2D eigenvalue weighted by atomic mass is 10.00. The summed E-state index contributed by atoms with van der Waals surface area (Å²) in [4.78, 5) is 25.0. The van der Waals surface area contributed by atoms with Gasteiger partial charge in [0.05, 0.1) is 18.4 Å². The summed E-state index contributed by atoms with van der Waals surface area (Å²) >= 11 is 0. The number of halogens is 1. The lowest BCUT2D eigenvalue weighted by Gasteiger charge is -2.11. The van der Waals surface area contributed by atoms with Gasteiger partial charge in [-0.25, -0.2) is 4.39 Å². The molecule has 0 aliphatic rings. The first kappa shape index (κ1) is 26.4. The number of ether oxygens (including phenoxy) is 2. The van der Waals surface area contributed by atoms with Crippen LogP contribution in [0.3, 0.4) is 0 Å². The lowest BCUT2D eigenvalue weighted by Crippen LogP contribution is -2.11. The first-order valence-corrected chi connectivity index (χ1v) is 12.5. The molecule has 5 aromatic rings. The summed E-state index contributed by atoms with van der Waals surface area (Å²) < 4.78 is 26.1. The summed E-state index contributed by atoms with van der Waals surface area (Å²) in [5, 5.41) is 7.70. The summed E-state index contributed by atoms with van der Waals surface area (Å²) in [6.45, 7) is 3.29. The maximum Gasteiger partial charge on any atom is 0.309 e. The average Bonchev–Trinajstić information content (AvgIpc) is 3.32. The highest BCUT2D eigenvalue weighted by molar-refractivity contribution is 6.04. The summed E-state index contributed by atoms with van der Waals surface area (Å²) in [7, 11) is 1.54. The Bertz CT molecular complexity index is 1690. The largest absolute Gasteiger partial charge is 0.497 e. The molecular weight excluding hydrogens is 509 g/mol. The van der Waals surface area contributed by atoms with Crippen LogP contribution in [0.4, 0.5) is 10.1 Å². The van der Waals surface area contributed by atoms with E-state index < -0.39 is 11.8 Å². The summed E-state index contributed by atoms with van der Waals surface area (Å²) in [6.07, 6.45) is 0. The van der Waals surface area contributed by atoms with Crippen molar-refractivity contribution in [2.45, 2.75) is 13.8 Å². The first-order valence-electron chi connectivity index (χ1n) is 12.5. The van der Waals surface area contributed by atoms with Crippen molar-refractivity contribution in [1.29, 1.82) is 0 Å². The van der Waals surface area contributed by atoms with E-state index in [4.69, 9.17) is 14.6 Å². The summed E-state index contributed by atoms with van der Waals surface area (Å²) in [6, 6.07) is 27.6. The topological polar surface area (TPSA) is 82.4 Å². The van der Waals surface area contributed by atoms with Crippen LogP contribution in [0.5, 0.6) is 11.6 Å². The number of hydrogen-bond acceptors (Lipinski definition) is 5. The van der Waals surface area contributed by atoms with E-state index in [1.54, 1.807) is 55.6 Å². The molecule has 1 aromatic heterocycles. The van der Waals surface area contributed by atoms with Gasteiger partial charge < -0.3 is 14.8 Å². The molecule has 4 aromatic carbocycles. The molecule has 5 rings (SSSR count). The first-order chi connectivity index (χ1) is 19.3. The lowest BCUT2D eigenvalue weighted by molar-refractivity contribution is -0.132. The maximum atomic E-state index is 13.7. The number of aryl methyl sites for hydroxylation is 1. The Morgan fingerprint density at radius 2 is 1.60 bits per heavy atom. The van der Waals surface area contributed by atoms with Crippen LogP contribution in [0.25, 0.3) is 28.1 Å². The normalized spacial score (nSPS) is 10.7. The van der Waals surface area contributed by atoms with Crippen molar-refractivity contribution in [3.63, 3.8) is 0 Å². The number of esters is 1. The van der Waals surface area contributed by atoms with Gasteiger partial charge in [-0.15, -0.1) is 0 Å². The second-order valence-corrected chi connectivity index (χ2v) is 9.14. The van der Waals surface area contributed by atoms with Gasteiger partial charge >= 0.3 is 5.97 Å². The van der Waals surface area contributed by atoms with Crippen molar-refractivity contribution in [1.82, 2.24) is 9.78 Å². The number of aromatic nitrogens is 2. The minimum absolute atomic E-state index is 0.198. The van der Waals surface area contributed by atoms with E-state index in [0.717, 1.165) is 11.1 Å². The molecule has 40 heavy (non-hydrogen) atoms. The maximum absolute atomic E-state index is 13.7. The molecule has 0 aliphatic carbocycles. The highest BCUT2D eigenvalue weighted by Crippen LogP contribution is 2.41. The number of benzene rings is 4. The van der Waals surface area contributed by atoms with E-state index in [1.807, 2.05) is 43.3 Å². The fourth-order valence-corrected chi connectivity index (χ4v) is 4.33. The summed E-state index contributed by atoms with van der Waals surface area (Å²) in [5.41, 5.74) is 5.29. The number of amides is 1. The fraction of sp³-hybridized carbons (Fsp3) is 0.0938. The molecule has 1 heterocycles. The second kappa shape index (κ2) is 11.2. The van der Waals surface area contributed by atoms with Gasteiger partial charge in [-0.3, -0.25) is 9.59 Å². The molecular formula is C32H26FN3O4. The van der Waals surface area contributed by atoms with Crippen LogP contribution in [0.15, 0.2) is 97.1 Å². The Kier molecular flexibility index (Phi) is 7.41. The molecule has 0 unspecified atom stereocenters. The van der Waals surface area contributed by atoms with Gasteiger partial charge in [0.15, 0.2) is 0 Å². The Hall–Kier alpha value is -5.24. The van der Waals surface area contributed by atoms with E-state index >= 15 is 0 Å². The standard InChI is InChI=1S/C32H26FN3O4/c1-20-6-4-7-23(18-20)30-29(32(40-21(2)37)36(35-30)27-16-12-25(33)13-17-27)22-10-14-26(15-11-22)34-31(38)24-8-5-9-28(19-24)39-3/h4-19H,1-3H3,(H,34,38). The van der Waals surface area contributed by atoms with Crippen molar-refractivity contribution in [2.24, 2.45) is 0 Å². The zero-order valence-electron chi connectivity index (χ0n) is 22.1. The van der Waals surface area contributed by atoms with Crippen LogP contribution in [-0.2, 0) is 4.79 Å². The zero-order chi connectivity index (χ0) is 28.2. The van der Waals surface area contributed by atoms with E-state index in [2.05, 4.69) is 5.32 Å². The number of nitrogens with one attached hydrogen (secondary N) is 1. The van der Waals surface area contributed by atoms with Gasteiger partial charge in [0.1, 0.15) is 17.3 Å². The molecule has 7 nitrogen and oxygen atoms in total. The molecule has 0 saturated heterocycles. The zero-order valence-corrected chi connectivity index (χ0v) is 22.1. The number of hydrogen-bond donors (Lipinski definition) is 1. The fourth-order valence-electron chi connectivity index (χ4n) is 4.33. The quantitative estimate of drug-likeness (QED) is 0.231. The number of rotatable bonds is 7. The van der Waals surface area contributed by atoms with Gasteiger partial charge in [-0.05, 0) is 73.2 Å². The van der Waals surface area contributed by atoms with Crippen LogP contribution in [0.2, 0.25) is 0 Å². The number of carbonyl (C=O) groups excluding carboxylic acids is 2. The third-order valence-electron chi connectivity index (χ3n) is 6.21. The van der Waals surface area contributed by atoms with Crippen LogP contribution in [0, 0.1) is 12.7 Å². The van der Waals surface area contributed by atoms with Gasteiger partial charge in [-0.2, -0.15) is 9.78 Å². The number of anilines is 1. The molecule has 0 aliphatic heterocycles. The monoisotopic (exact) mass is 535 g/mol. The van der Waals surface area contributed by atoms with Gasteiger partial charge in [-0.1, -0.05) is 42.0 Å². The van der Waals surface area contributed by atoms with Crippen LogP contribution in [-0.4, -0.2) is 28.8 Å². The predicted octanol–water partition coefficient (Wildman–Crippen LogP) is 6.84. The Morgan fingerprint density at radius 3 is 2.27 bits per heavy atom. The molecule has 0 bridgehead atoms. The molecule has 0 atom stereocenters. The number of carbonyl (C=O) groups is 2. The van der Waals surface area contributed by atoms with Gasteiger partial charge in [0.2, 0.25) is 5.88 Å². The molecule has 200 valence electrons. The predicted molar refractivity (Wildman–Crippen MR) is 151 cm³/mol. The highest BCUT2D eigenvalue weighted by Gasteiger charge is 2.25. The van der Waals surface area contributed by atoms with Gasteiger partial charge in [0, 0.05) is 23.7 Å². The van der Waals surface area contributed by atoms with Crippen molar-refractivity contribution in [3.8, 4) is 39.7 Å². The Labute approximate surface area is 230 Å². The van der Waals surface area contributed by atoms with Crippen molar-refractivity contribution >= 4 is 17.6 Å². The summed E-state index contributed by atoms with van der Waals surface area (Å²) in [5.74, 6) is -0.415. The SMILES string of the molecule is COc1cccc(C(=O)Nc2ccc(-c3c(-c4cccc(C)c4)nn(-c4ccc(F)cc4)c3OC(C)=O)cc2)c1. The van der Waals surface area contributed by atoms with Crippen molar-refractivity contribution in [2.75, 3.05) is 12.4 Å². The average molecular weight is 536 g/mol. The van der Waals surface area contributed by atoms with E-state index in [9.17, 15) is 14.0 Å². The Balaban J connectivity index is 1.59. The Morgan fingerprint density at radius 1 is 0.875 bits per heavy atom. The molecule has 8 heteroatoms. The molecule has 0 fully saturated rings. The minimum Gasteiger partial charge on any atom is -0.497 e. The number of methoxy groups -OCH3 is 1. The van der Waals surface area contributed by atoms with E-state index in [0.29, 0.717) is 39.5 Å². The third-order valence-corrected chi connectivity index (χ3v) is 6.21. The van der Waals surface area contributed by atoms with Crippen LogP contribution < -0.4 is 14.8 Å². The van der Waals surface area contributed by atoms with Crippen molar-refractivity contribution < 1.29 is 23.5 Å².